The van der Waals surface area contributed by atoms with Gasteiger partial charge in [-0.15, -0.1) is 0 Å². The summed E-state index contributed by atoms with van der Waals surface area (Å²) in [5.74, 6) is 1.06. The topological polar surface area (TPSA) is 41.6 Å². The normalized spacial score (nSPS) is 35.0. The van der Waals surface area contributed by atoms with Crippen LogP contribution in [-0.4, -0.2) is 50.2 Å². The molecular formula is C12H22N2O2. The second-order valence-corrected chi connectivity index (χ2v) is 5.16. The van der Waals surface area contributed by atoms with Crippen LogP contribution in [0, 0.1) is 11.8 Å². The lowest BCUT2D eigenvalue weighted by molar-refractivity contribution is -0.137. The van der Waals surface area contributed by atoms with Gasteiger partial charge in [0.25, 0.3) is 0 Å². The minimum absolute atomic E-state index is 0.161. The third-order valence-electron chi connectivity index (χ3n) is 3.72. The Bertz CT molecular complexity index is 247. The van der Waals surface area contributed by atoms with E-state index in [0.29, 0.717) is 18.6 Å². The molecule has 3 unspecified atom stereocenters. The van der Waals surface area contributed by atoms with E-state index >= 15 is 0 Å². The number of amides is 1. The van der Waals surface area contributed by atoms with Crippen molar-refractivity contribution < 1.29 is 9.53 Å². The van der Waals surface area contributed by atoms with Crippen LogP contribution in [0.4, 0.5) is 0 Å². The van der Waals surface area contributed by atoms with Crippen molar-refractivity contribution in [2.45, 2.75) is 25.8 Å². The van der Waals surface area contributed by atoms with E-state index < -0.39 is 0 Å². The summed E-state index contributed by atoms with van der Waals surface area (Å²) in [6.07, 6.45) is 2.00. The van der Waals surface area contributed by atoms with E-state index in [1.807, 2.05) is 11.9 Å². The molecule has 0 bridgehead atoms. The number of ether oxygens (including phenoxy) is 1. The Morgan fingerprint density at radius 3 is 2.88 bits per heavy atom. The van der Waals surface area contributed by atoms with Gasteiger partial charge in [-0.25, -0.2) is 0 Å². The third-order valence-corrected chi connectivity index (χ3v) is 3.72. The summed E-state index contributed by atoms with van der Waals surface area (Å²) in [6, 6.07) is 0.296. The highest BCUT2D eigenvalue weighted by Crippen LogP contribution is 2.20. The Hall–Kier alpha value is -0.610. The summed E-state index contributed by atoms with van der Waals surface area (Å²) in [7, 11) is 1.92. The summed E-state index contributed by atoms with van der Waals surface area (Å²) < 4.78 is 5.33. The number of carbonyl (C=O) groups excluding carboxylic acids is 1. The molecule has 1 amide bonds. The molecule has 4 nitrogen and oxygen atoms in total. The highest BCUT2D eigenvalue weighted by atomic mass is 16.5. The fraction of sp³-hybridized carbons (Fsp3) is 0.917. The van der Waals surface area contributed by atoms with Gasteiger partial charge in [0.05, 0.1) is 18.6 Å². The van der Waals surface area contributed by atoms with Crippen LogP contribution in [0.25, 0.3) is 0 Å². The Morgan fingerprint density at radius 1 is 1.44 bits per heavy atom. The molecule has 0 radical (unpaired) electrons. The smallest absolute Gasteiger partial charge is 0.227 e. The SMILES string of the molecule is CC1CNCC(C(=O)N(C)C2CCOC2)C1. The lowest BCUT2D eigenvalue weighted by atomic mass is 9.90. The Morgan fingerprint density at radius 2 is 2.25 bits per heavy atom. The number of nitrogens with one attached hydrogen (secondary N) is 1. The minimum Gasteiger partial charge on any atom is -0.379 e. The number of nitrogens with zero attached hydrogens (tertiary/aromatic N) is 1. The van der Waals surface area contributed by atoms with Crippen molar-refractivity contribution in [2.75, 3.05) is 33.4 Å². The van der Waals surface area contributed by atoms with Crippen LogP contribution in [-0.2, 0) is 9.53 Å². The second-order valence-electron chi connectivity index (χ2n) is 5.16. The number of rotatable bonds is 2. The van der Waals surface area contributed by atoms with Gasteiger partial charge in [0.1, 0.15) is 0 Å². The van der Waals surface area contributed by atoms with E-state index in [4.69, 9.17) is 4.74 Å². The fourth-order valence-corrected chi connectivity index (χ4v) is 2.64. The zero-order chi connectivity index (χ0) is 11.5. The summed E-state index contributed by atoms with van der Waals surface area (Å²) >= 11 is 0. The van der Waals surface area contributed by atoms with Crippen molar-refractivity contribution in [1.82, 2.24) is 10.2 Å². The van der Waals surface area contributed by atoms with Gasteiger partial charge in [0.15, 0.2) is 0 Å². The molecule has 2 rings (SSSR count). The van der Waals surface area contributed by atoms with Gasteiger partial charge in [0, 0.05) is 20.2 Å². The van der Waals surface area contributed by atoms with E-state index in [-0.39, 0.29) is 11.8 Å². The van der Waals surface area contributed by atoms with Crippen LogP contribution in [0.3, 0.4) is 0 Å². The molecule has 0 aliphatic carbocycles. The molecule has 2 fully saturated rings. The predicted octanol–water partition coefficient (Wildman–Crippen LogP) is 0.479. The first-order valence-electron chi connectivity index (χ1n) is 6.23. The Labute approximate surface area is 97.3 Å². The number of hydrogen-bond donors (Lipinski definition) is 1. The lowest BCUT2D eigenvalue weighted by Crippen LogP contribution is -2.47. The van der Waals surface area contributed by atoms with Crippen molar-refractivity contribution in [3.05, 3.63) is 0 Å². The van der Waals surface area contributed by atoms with Crippen molar-refractivity contribution in [1.29, 1.82) is 0 Å². The van der Waals surface area contributed by atoms with Crippen molar-refractivity contribution >= 4 is 5.91 Å². The monoisotopic (exact) mass is 226 g/mol. The molecule has 0 aromatic carbocycles. The highest BCUT2D eigenvalue weighted by molar-refractivity contribution is 5.79. The van der Waals surface area contributed by atoms with Gasteiger partial charge < -0.3 is 15.0 Å². The zero-order valence-corrected chi connectivity index (χ0v) is 10.2. The van der Waals surface area contributed by atoms with Crippen LogP contribution in [0.5, 0.6) is 0 Å². The van der Waals surface area contributed by atoms with Gasteiger partial charge in [-0.3, -0.25) is 4.79 Å². The van der Waals surface area contributed by atoms with Crippen LogP contribution in [0.1, 0.15) is 19.8 Å². The van der Waals surface area contributed by atoms with E-state index in [1.54, 1.807) is 0 Å². The van der Waals surface area contributed by atoms with Crippen molar-refractivity contribution in [2.24, 2.45) is 11.8 Å². The molecule has 0 saturated carbocycles. The first-order valence-corrected chi connectivity index (χ1v) is 6.23. The molecule has 2 aliphatic rings. The van der Waals surface area contributed by atoms with Crippen LogP contribution >= 0.6 is 0 Å². The van der Waals surface area contributed by atoms with Gasteiger partial charge in [-0.1, -0.05) is 6.92 Å². The predicted molar refractivity (Wildman–Crippen MR) is 62.1 cm³/mol. The number of carbonyl (C=O) groups is 1. The fourth-order valence-electron chi connectivity index (χ4n) is 2.64. The van der Waals surface area contributed by atoms with E-state index in [9.17, 15) is 4.79 Å². The van der Waals surface area contributed by atoms with Gasteiger partial charge in [-0.05, 0) is 25.3 Å². The van der Waals surface area contributed by atoms with Crippen LogP contribution < -0.4 is 5.32 Å². The molecule has 16 heavy (non-hydrogen) atoms. The van der Waals surface area contributed by atoms with Crippen molar-refractivity contribution in [3.63, 3.8) is 0 Å². The maximum atomic E-state index is 12.3. The lowest BCUT2D eigenvalue weighted by Gasteiger charge is -2.32. The molecule has 92 valence electrons. The van der Waals surface area contributed by atoms with E-state index in [1.165, 1.54) is 0 Å². The molecule has 3 atom stereocenters. The van der Waals surface area contributed by atoms with Gasteiger partial charge in [0.2, 0.25) is 5.91 Å². The minimum atomic E-state index is 0.161. The first kappa shape index (κ1) is 11.9. The number of likely N-dealkylation sites (N-methyl/N-ethyl adjacent to an activating group) is 1. The number of piperidine rings is 1. The zero-order valence-electron chi connectivity index (χ0n) is 10.2. The average Bonchev–Trinajstić information content (AvgIpc) is 2.80. The summed E-state index contributed by atoms with van der Waals surface area (Å²) in [4.78, 5) is 14.2. The molecule has 0 spiro atoms. The van der Waals surface area contributed by atoms with Gasteiger partial charge in [-0.2, -0.15) is 0 Å². The maximum Gasteiger partial charge on any atom is 0.227 e. The summed E-state index contributed by atoms with van der Waals surface area (Å²) in [5, 5.41) is 3.33. The molecular weight excluding hydrogens is 204 g/mol. The number of hydrogen-bond acceptors (Lipinski definition) is 3. The largest absolute Gasteiger partial charge is 0.379 e. The molecule has 0 aromatic heterocycles. The molecule has 2 heterocycles. The van der Waals surface area contributed by atoms with E-state index in [0.717, 1.165) is 32.5 Å². The summed E-state index contributed by atoms with van der Waals surface area (Å²) in [5.41, 5.74) is 0. The molecule has 2 aliphatic heterocycles. The van der Waals surface area contributed by atoms with Crippen LogP contribution in [0.2, 0.25) is 0 Å². The Balaban J connectivity index is 1.89. The van der Waals surface area contributed by atoms with Gasteiger partial charge >= 0.3 is 0 Å². The van der Waals surface area contributed by atoms with E-state index in [2.05, 4.69) is 12.2 Å². The molecule has 1 N–H and O–H groups in total. The first-order chi connectivity index (χ1) is 7.68. The Kier molecular flexibility index (Phi) is 3.82. The quantitative estimate of drug-likeness (QED) is 0.744. The highest BCUT2D eigenvalue weighted by Gasteiger charge is 2.31. The van der Waals surface area contributed by atoms with Crippen LogP contribution in [0.15, 0.2) is 0 Å². The average molecular weight is 226 g/mol. The van der Waals surface area contributed by atoms with Crippen molar-refractivity contribution in [3.8, 4) is 0 Å². The molecule has 4 heteroatoms. The summed E-state index contributed by atoms with van der Waals surface area (Å²) in [6.45, 7) is 5.58. The molecule has 0 aromatic rings. The third kappa shape index (κ3) is 2.55. The maximum absolute atomic E-state index is 12.3. The molecule has 2 saturated heterocycles. The second kappa shape index (κ2) is 5.15. The standard InChI is InChI=1S/C12H22N2O2/c1-9-5-10(7-13-6-9)12(15)14(2)11-3-4-16-8-11/h9-11,13H,3-8H2,1-2H3.